The van der Waals surface area contributed by atoms with E-state index in [2.05, 4.69) is 6.07 Å². The molecule has 0 atom stereocenters. The molecule has 0 saturated carbocycles. The van der Waals surface area contributed by atoms with Gasteiger partial charge in [0.2, 0.25) is 0 Å². The number of benzene rings is 1. The van der Waals surface area contributed by atoms with Crippen molar-refractivity contribution in [3.05, 3.63) is 69.6 Å². The number of nitrogens with zero attached hydrogens (tertiary/aromatic N) is 4. The standard InChI is InChI=1S/C19H22N4O2/c1-21(2)10-11-23(14-16-6-4-15(13-20)5-7-16)19(25)17-8-9-22(3)18(24)12-17/h4-9,12H,10-11,14H2,1-3H3. The maximum Gasteiger partial charge on any atom is 0.254 e. The molecule has 25 heavy (non-hydrogen) atoms. The van der Waals surface area contributed by atoms with Crippen molar-refractivity contribution in [3.8, 4) is 6.07 Å². The number of aromatic nitrogens is 1. The van der Waals surface area contributed by atoms with Crippen LogP contribution in [0.2, 0.25) is 0 Å². The molecular weight excluding hydrogens is 316 g/mol. The summed E-state index contributed by atoms with van der Waals surface area (Å²) in [6, 6.07) is 12.3. The van der Waals surface area contributed by atoms with E-state index >= 15 is 0 Å². The van der Waals surface area contributed by atoms with E-state index in [4.69, 9.17) is 5.26 Å². The molecule has 2 rings (SSSR count). The highest BCUT2D eigenvalue weighted by Crippen LogP contribution is 2.10. The molecule has 0 aliphatic rings. The van der Waals surface area contributed by atoms with Crippen LogP contribution in [-0.4, -0.2) is 47.5 Å². The molecule has 0 aliphatic carbocycles. The van der Waals surface area contributed by atoms with E-state index in [1.54, 1.807) is 36.3 Å². The van der Waals surface area contributed by atoms with Crippen LogP contribution in [0.15, 0.2) is 47.4 Å². The number of nitriles is 1. The largest absolute Gasteiger partial charge is 0.333 e. The second-order valence-electron chi connectivity index (χ2n) is 6.20. The summed E-state index contributed by atoms with van der Waals surface area (Å²) >= 11 is 0. The number of likely N-dealkylation sites (N-methyl/N-ethyl adjacent to an activating group) is 1. The van der Waals surface area contributed by atoms with Gasteiger partial charge in [-0.3, -0.25) is 9.59 Å². The Morgan fingerprint density at radius 3 is 2.40 bits per heavy atom. The molecule has 0 radical (unpaired) electrons. The molecule has 0 saturated heterocycles. The summed E-state index contributed by atoms with van der Waals surface area (Å²) in [4.78, 5) is 28.4. The number of pyridine rings is 1. The second kappa shape index (κ2) is 8.27. The van der Waals surface area contributed by atoms with Crippen LogP contribution in [0, 0.1) is 11.3 Å². The Bertz CT molecular complexity index is 832. The topological polar surface area (TPSA) is 69.3 Å². The lowest BCUT2D eigenvalue weighted by atomic mass is 10.1. The lowest BCUT2D eigenvalue weighted by Crippen LogP contribution is -2.36. The van der Waals surface area contributed by atoms with Crippen LogP contribution in [0.5, 0.6) is 0 Å². The van der Waals surface area contributed by atoms with Crippen LogP contribution >= 0.6 is 0 Å². The summed E-state index contributed by atoms with van der Waals surface area (Å²) in [7, 11) is 5.54. The minimum Gasteiger partial charge on any atom is -0.333 e. The third kappa shape index (κ3) is 5.03. The fourth-order valence-corrected chi connectivity index (χ4v) is 2.34. The predicted octanol–water partition coefficient (Wildman–Crippen LogP) is 1.46. The van der Waals surface area contributed by atoms with Gasteiger partial charge >= 0.3 is 0 Å². The molecule has 2 aromatic rings. The van der Waals surface area contributed by atoms with Crippen molar-refractivity contribution in [1.29, 1.82) is 5.26 Å². The Hall–Kier alpha value is -2.91. The fraction of sp³-hybridized carbons (Fsp3) is 0.316. The van der Waals surface area contributed by atoms with Crippen molar-refractivity contribution in [2.45, 2.75) is 6.54 Å². The first-order valence-corrected chi connectivity index (χ1v) is 8.00. The molecule has 130 valence electrons. The van der Waals surface area contributed by atoms with E-state index < -0.39 is 0 Å². The Morgan fingerprint density at radius 2 is 1.84 bits per heavy atom. The SMILES string of the molecule is CN(C)CCN(Cc1ccc(C#N)cc1)C(=O)c1ccn(C)c(=O)c1. The Morgan fingerprint density at radius 1 is 1.16 bits per heavy atom. The van der Waals surface area contributed by atoms with Gasteiger partial charge in [0.25, 0.3) is 11.5 Å². The first-order chi connectivity index (χ1) is 11.9. The number of carbonyl (C=O) groups is 1. The van der Waals surface area contributed by atoms with E-state index in [1.807, 2.05) is 31.1 Å². The molecule has 0 spiro atoms. The van der Waals surface area contributed by atoms with Crippen molar-refractivity contribution >= 4 is 5.91 Å². The van der Waals surface area contributed by atoms with Gasteiger partial charge < -0.3 is 14.4 Å². The predicted molar refractivity (Wildman–Crippen MR) is 96.1 cm³/mol. The summed E-state index contributed by atoms with van der Waals surface area (Å²) < 4.78 is 1.43. The van der Waals surface area contributed by atoms with Crippen molar-refractivity contribution in [3.63, 3.8) is 0 Å². The van der Waals surface area contributed by atoms with Crippen LogP contribution in [0.3, 0.4) is 0 Å². The number of hydrogen-bond acceptors (Lipinski definition) is 4. The minimum absolute atomic E-state index is 0.177. The summed E-state index contributed by atoms with van der Waals surface area (Å²) in [5, 5.41) is 8.89. The van der Waals surface area contributed by atoms with Crippen molar-refractivity contribution in [1.82, 2.24) is 14.4 Å². The Labute approximate surface area is 147 Å². The van der Waals surface area contributed by atoms with Gasteiger partial charge in [0.1, 0.15) is 0 Å². The summed E-state index contributed by atoms with van der Waals surface area (Å²) in [6.07, 6.45) is 1.60. The lowest BCUT2D eigenvalue weighted by Gasteiger charge is -2.24. The van der Waals surface area contributed by atoms with E-state index in [0.29, 0.717) is 30.8 Å². The fourth-order valence-electron chi connectivity index (χ4n) is 2.34. The molecule has 1 heterocycles. The van der Waals surface area contributed by atoms with Crippen molar-refractivity contribution in [2.24, 2.45) is 7.05 Å². The van der Waals surface area contributed by atoms with Crippen LogP contribution in [0.1, 0.15) is 21.5 Å². The Kier molecular flexibility index (Phi) is 6.09. The van der Waals surface area contributed by atoms with Crippen LogP contribution < -0.4 is 5.56 Å². The molecule has 1 amide bonds. The maximum atomic E-state index is 12.9. The van der Waals surface area contributed by atoms with Gasteiger partial charge in [-0.15, -0.1) is 0 Å². The number of aryl methyl sites for hydroxylation is 1. The van der Waals surface area contributed by atoms with Gasteiger partial charge in [-0.25, -0.2) is 0 Å². The average molecular weight is 338 g/mol. The van der Waals surface area contributed by atoms with E-state index in [1.165, 1.54) is 10.6 Å². The number of hydrogen-bond donors (Lipinski definition) is 0. The summed E-state index contributed by atoms with van der Waals surface area (Å²) in [5.74, 6) is -0.177. The molecule has 0 unspecified atom stereocenters. The highest BCUT2D eigenvalue weighted by molar-refractivity contribution is 5.94. The molecule has 1 aromatic heterocycles. The van der Waals surface area contributed by atoms with Gasteiger partial charge in [-0.05, 0) is 37.9 Å². The molecule has 1 aromatic carbocycles. The molecule has 0 N–H and O–H groups in total. The third-order valence-corrected chi connectivity index (χ3v) is 3.91. The maximum absolute atomic E-state index is 12.9. The number of rotatable bonds is 6. The normalized spacial score (nSPS) is 10.5. The zero-order valence-corrected chi connectivity index (χ0v) is 14.8. The first-order valence-electron chi connectivity index (χ1n) is 8.00. The monoisotopic (exact) mass is 338 g/mol. The smallest absolute Gasteiger partial charge is 0.254 e. The van der Waals surface area contributed by atoms with Gasteiger partial charge in [-0.2, -0.15) is 5.26 Å². The molecule has 0 bridgehead atoms. The number of amides is 1. The van der Waals surface area contributed by atoms with Gasteiger partial charge in [-0.1, -0.05) is 12.1 Å². The van der Waals surface area contributed by atoms with E-state index in [-0.39, 0.29) is 11.5 Å². The minimum atomic E-state index is -0.211. The highest BCUT2D eigenvalue weighted by Gasteiger charge is 2.17. The zero-order valence-electron chi connectivity index (χ0n) is 14.8. The van der Waals surface area contributed by atoms with Gasteiger partial charge in [0, 0.05) is 44.5 Å². The molecular formula is C19H22N4O2. The summed E-state index contributed by atoms with van der Waals surface area (Å²) in [5.41, 5.74) is 1.70. The van der Waals surface area contributed by atoms with Crippen LogP contribution in [0.4, 0.5) is 0 Å². The molecule has 0 aliphatic heterocycles. The average Bonchev–Trinajstić information content (AvgIpc) is 2.60. The second-order valence-corrected chi connectivity index (χ2v) is 6.20. The summed E-state index contributed by atoms with van der Waals surface area (Å²) in [6.45, 7) is 1.68. The van der Waals surface area contributed by atoms with Crippen LogP contribution in [0.25, 0.3) is 0 Å². The van der Waals surface area contributed by atoms with E-state index in [0.717, 1.165) is 5.56 Å². The van der Waals surface area contributed by atoms with Crippen LogP contribution in [-0.2, 0) is 13.6 Å². The van der Waals surface area contributed by atoms with Crippen molar-refractivity contribution in [2.75, 3.05) is 27.2 Å². The molecule has 6 heteroatoms. The zero-order chi connectivity index (χ0) is 18.4. The quantitative estimate of drug-likeness (QED) is 0.800. The van der Waals surface area contributed by atoms with Gasteiger partial charge in [0.05, 0.1) is 11.6 Å². The highest BCUT2D eigenvalue weighted by atomic mass is 16.2. The number of carbonyl (C=O) groups excluding carboxylic acids is 1. The Balaban J connectivity index is 2.24. The van der Waals surface area contributed by atoms with Gasteiger partial charge in [0.15, 0.2) is 0 Å². The lowest BCUT2D eigenvalue weighted by molar-refractivity contribution is 0.0731. The molecule has 6 nitrogen and oxygen atoms in total. The third-order valence-electron chi connectivity index (χ3n) is 3.91. The van der Waals surface area contributed by atoms with Crippen molar-refractivity contribution < 1.29 is 4.79 Å². The first kappa shape index (κ1) is 18.4. The van der Waals surface area contributed by atoms with E-state index in [9.17, 15) is 9.59 Å². The molecule has 0 fully saturated rings.